The Morgan fingerprint density at radius 1 is 0.762 bits per heavy atom. The molecule has 1 aromatic heterocycles. The van der Waals surface area contributed by atoms with Crippen LogP contribution in [0.3, 0.4) is 0 Å². The monoisotopic (exact) mass is 591 g/mol. The van der Waals surface area contributed by atoms with Crippen LogP contribution >= 0.6 is 11.6 Å². The number of benzene rings is 2. The second-order valence-corrected chi connectivity index (χ2v) is 11.8. The molecule has 0 bridgehead atoms. The molecule has 4 unspecified atom stereocenters. The van der Waals surface area contributed by atoms with E-state index >= 15 is 0 Å². The Morgan fingerprint density at radius 3 is 1.86 bits per heavy atom. The van der Waals surface area contributed by atoms with Crippen LogP contribution in [0.2, 0.25) is 5.02 Å². The van der Waals surface area contributed by atoms with Gasteiger partial charge >= 0.3 is 0 Å². The van der Waals surface area contributed by atoms with Gasteiger partial charge in [-0.15, -0.1) is 0 Å². The number of halogens is 1. The number of carbonyl (C=O) groups is 2. The topological polar surface area (TPSA) is 199 Å². The number of imide groups is 1. The van der Waals surface area contributed by atoms with Gasteiger partial charge in [0.05, 0.1) is 16.8 Å². The van der Waals surface area contributed by atoms with Gasteiger partial charge in [-0.05, 0) is 61.7 Å². The highest BCUT2D eigenvalue weighted by atomic mass is 35.5. The molecule has 6 rings (SSSR count). The van der Waals surface area contributed by atoms with E-state index in [-0.39, 0.29) is 29.7 Å². The molecule has 42 heavy (non-hydrogen) atoms. The molecule has 3 aromatic rings. The molecule has 13 nitrogen and oxygen atoms in total. The number of nitrogens with one attached hydrogen (secondary N) is 1. The van der Waals surface area contributed by atoms with Crippen molar-refractivity contribution in [3.05, 3.63) is 58.1 Å². The maximum absolute atomic E-state index is 13.1. The Bertz CT molecular complexity index is 1490. The molecule has 0 saturated carbocycles. The molecule has 14 heteroatoms. The summed E-state index contributed by atoms with van der Waals surface area (Å²) in [7, 11) is 0. The van der Waals surface area contributed by atoms with E-state index in [0.29, 0.717) is 71.5 Å². The lowest BCUT2D eigenvalue weighted by atomic mass is 10.0. The SMILES string of the molecule is Cc1cc(Nc2nc(N3CC(N)CC(N)C3)nc(N3CC(N)CC(N)C3)n2)ccc1N1C(=O)c2ccc(Cl)cc2C1=O. The molecular formula is C28H34ClN11O2. The number of anilines is 5. The van der Waals surface area contributed by atoms with E-state index in [1.165, 1.54) is 11.0 Å². The predicted molar refractivity (Wildman–Crippen MR) is 162 cm³/mol. The third kappa shape index (κ3) is 5.49. The van der Waals surface area contributed by atoms with E-state index in [4.69, 9.17) is 49.5 Å². The van der Waals surface area contributed by atoms with Crippen molar-refractivity contribution in [2.24, 2.45) is 22.9 Å². The number of hydrogen-bond donors (Lipinski definition) is 5. The maximum Gasteiger partial charge on any atom is 0.266 e. The number of aromatic nitrogens is 3. The zero-order chi connectivity index (χ0) is 29.7. The van der Waals surface area contributed by atoms with Crippen LogP contribution in [0.5, 0.6) is 0 Å². The van der Waals surface area contributed by atoms with Crippen LogP contribution < -0.4 is 43.0 Å². The number of fused-ring (bicyclic) bond motifs is 1. The van der Waals surface area contributed by atoms with E-state index in [1.807, 2.05) is 22.8 Å². The number of amides is 2. The van der Waals surface area contributed by atoms with Crippen molar-refractivity contribution < 1.29 is 9.59 Å². The Labute approximate surface area is 248 Å². The third-order valence-corrected chi connectivity index (χ3v) is 7.99. The minimum Gasteiger partial charge on any atom is -0.338 e. The van der Waals surface area contributed by atoms with Crippen LogP contribution in [0, 0.1) is 6.92 Å². The molecule has 3 aliphatic rings. The lowest BCUT2D eigenvalue weighted by Crippen LogP contribution is -2.54. The van der Waals surface area contributed by atoms with Crippen LogP contribution in [0.4, 0.5) is 29.2 Å². The number of piperidine rings is 2. The highest BCUT2D eigenvalue weighted by molar-refractivity contribution is 6.36. The van der Waals surface area contributed by atoms with Crippen molar-refractivity contribution >= 4 is 52.6 Å². The summed E-state index contributed by atoms with van der Waals surface area (Å²) in [6.07, 6.45) is 1.45. The first-order chi connectivity index (χ1) is 20.0. The first-order valence-electron chi connectivity index (χ1n) is 13.9. The first-order valence-corrected chi connectivity index (χ1v) is 14.3. The quantitative estimate of drug-likeness (QED) is 0.265. The van der Waals surface area contributed by atoms with Gasteiger partial charge in [-0.3, -0.25) is 9.59 Å². The van der Waals surface area contributed by atoms with Crippen LogP contribution in [0.25, 0.3) is 0 Å². The van der Waals surface area contributed by atoms with Gasteiger partial charge in [-0.2, -0.15) is 15.0 Å². The molecule has 220 valence electrons. The molecule has 4 heterocycles. The van der Waals surface area contributed by atoms with E-state index < -0.39 is 11.8 Å². The molecule has 2 fully saturated rings. The van der Waals surface area contributed by atoms with Gasteiger partial charge in [0.1, 0.15) is 0 Å². The molecule has 2 aromatic carbocycles. The summed E-state index contributed by atoms with van der Waals surface area (Å²) >= 11 is 6.07. The van der Waals surface area contributed by atoms with Crippen LogP contribution in [0.1, 0.15) is 39.1 Å². The first kappa shape index (κ1) is 28.2. The van der Waals surface area contributed by atoms with Gasteiger partial charge < -0.3 is 38.1 Å². The normalized spacial score (nSPS) is 24.3. The largest absolute Gasteiger partial charge is 0.338 e. The fourth-order valence-corrected chi connectivity index (χ4v) is 6.09. The minimum atomic E-state index is -0.413. The van der Waals surface area contributed by atoms with Crippen molar-refractivity contribution in [1.29, 1.82) is 0 Å². The van der Waals surface area contributed by atoms with Crippen LogP contribution in [0.15, 0.2) is 36.4 Å². The maximum atomic E-state index is 13.1. The van der Waals surface area contributed by atoms with Crippen LogP contribution in [-0.4, -0.2) is 77.1 Å². The standard InChI is InChI=1S/C28H34ClN11O2/c1-14-6-20(3-5-23(14)40-24(41)21-4-2-15(29)7-22(21)25(40)42)34-26-35-27(38-10-16(30)8-17(31)11-38)37-28(36-26)39-12-18(32)9-19(33)13-39/h2-7,16-19H,8-13,30-33H2,1H3,(H,34,35,36,37). The average molecular weight is 592 g/mol. The summed E-state index contributed by atoms with van der Waals surface area (Å²) in [6, 6.07) is 9.59. The highest BCUT2D eigenvalue weighted by Gasteiger charge is 2.37. The van der Waals surface area contributed by atoms with E-state index in [0.717, 1.165) is 12.8 Å². The summed E-state index contributed by atoms with van der Waals surface area (Å²) in [6.45, 7) is 4.09. The second-order valence-electron chi connectivity index (χ2n) is 11.3. The van der Waals surface area contributed by atoms with Gasteiger partial charge in [0, 0.05) is 61.1 Å². The summed E-state index contributed by atoms with van der Waals surface area (Å²) < 4.78 is 0. The fourth-order valence-electron chi connectivity index (χ4n) is 5.92. The number of nitrogens with zero attached hydrogens (tertiary/aromatic N) is 6. The molecule has 0 aliphatic carbocycles. The van der Waals surface area contributed by atoms with Gasteiger partial charge in [-0.1, -0.05) is 11.6 Å². The van der Waals surface area contributed by atoms with Gasteiger partial charge in [0.2, 0.25) is 17.8 Å². The van der Waals surface area contributed by atoms with E-state index in [9.17, 15) is 9.59 Å². The Morgan fingerprint density at radius 2 is 1.31 bits per heavy atom. The number of carbonyl (C=O) groups excluding carboxylic acids is 2. The summed E-state index contributed by atoms with van der Waals surface area (Å²) in [5.74, 6) is 0.428. The molecular weight excluding hydrogens is 558 g/mol. The summed E-state index contributed by atoms with van der Waals surface area (Å²) in [4.78, 5) is 45.5. The summed E-state index contributed by atoms with van der Waals surface area (Å²) in [5, 5.41) is 3.66. The van der Waals surface area contributed by atoms with Crippen molar-refractivity contribution in [3.63, 3.8) is 0 Å². The van der Waals surface area contributed by atoms with Crippen molar-refractivity contribution in [2.75, 3.05) is 46.2 Å². The molecule has 2 amide bonds. The van der Waals surface area contributed by atoms with Crippen molar-refractivity contribution in [2.45, 2.75) is 43.9 Å². The van der Waals surface area contributed by atoms with E-state index in [1.54, 1.807) is 24.3 Å². The Hall–Kier alpha value is -3.88. The highest BCUT2D eigenvalue weighted by Crippen LogP contribution is 2.34. The lowest BCUT2D eigenvalue weighted by molar-refractivity contribution is 0.0926. The molecule has 0 spiro atoms. The number of aryl methyl sites for hydroxylation is 1. The molecule has 2 saturated heterocycles. The molecule has 4 atom stereocenters. The molecule has 3 aliphatic heterocycles. The van der Waals surface area contributed by atoms with Gasteiger partial charge in [0.25, 0.3) is 11.8 Å². The third-order valence-electron chi connectivity index (χ3n) is 7.75. The smallest absolute Gasteiger partial charge is 0.266 e. The Kier molecular flexibility index (Phi) is 7.45. The zero-order valence-corrected chi connectivity index (χ0v) is 24.0. The lowest BCUT2D eigenvalue weighted by Gasteiger charge is -2.37. The van der Waals surface area contributed by atoms with Crippen molar-refractivity contribution in [3.8, 4) is 0 Å². The average Bonchev–Trinajstić information content (AvgIpc) is 3.16. The molecule has 0 radical (unpaired) electrons. The van der Waals surface area contributed by atoms with E-state index in [2.05, 4.69) is 5.32 Å². The number of nitrogens with two attached hydrogens (primary N) is 4. The second kappa shape index (κ2) is 11.1. The number of rotatable bonds is 5. The predicted octanol–water partition coefficient (Wildman–Crippen LogP) is 1.11. The van der Waals surface area contributed by atoms with Gasteiger partial charge in [-0.25, -0.2) is 4.90 Å². The van der Waals surface area contributed by atoms with Gasteiger partial charge in [0.15, 0.2) is 0 Å². The minimum absolute atomic E-state index is 0.101. The zero-order valence-electron chi connectivity index (χ0n) is 23.2. The number of hydrogen-bond acceptors (Lipinski definition) is 12. The fraction of sp³-hybridized carbons (Fsp3) is 0.393. The Balaban J connectivity index is 1.30. The van der Waals surface area contributed by atoms with Crippen molar-refractivity contribution in [1.82, 2.24) is 15.0 Å². The summed E-state index contributed by atoms with van der Waals surface area (Å²) in [5.41, 5.74) is 27.5. The molecule has 9 N–H and O–H groups in total. The van der Waals surface area contributed by atoms with Crippen LogP contribution in [-0.2, 0) is 0 Å².